The summed E-state index contributed by atoms with van der Waals surface area (Å²) in [7, 11) is -3.20. The van der Waals surface area contributed by atoms with Gasteiger partial charge in [-0.1, -0.05) is 30.3 Å². The average Bonchev–Trinajstić information content (AvgIpc) is 2.40. The molecule has 2 aromatic rings. The largest absolute Gasteiger partial charge is 0.384 e. The highest BCUT2D eigenvalue weighted by Gasteiger charge is 2.12. The maximum absolute atomic E-state index is 12.0. The monoisotopic (exact) mass is 275 g/mol. The molecule has 0 atom stereocenters. The average molecular weight is 275 g/mol. The van der Waals surface area contributed by atoms with Gasteiger partial charge in [0.15, 0.2) is 9.84 Å². The first-order chi connectivity index (χ1) is 9.08. The van der Waals surface area contributed by atoms with Gasteiger partial charge in [0, 0.05) is 12.2 Å². The van der Waals surface area contributed by atoms with Crippen LogP contribution in [0, 0.1) is 6.92 Å². The van der Waals surface area contributed by atoms with Gasteiger partial charge in [-0.2, -0.15) is 0 Å². The van der Waals surface area contributed by atoms with Crippen molar-refractivity contribution in [2.45, 2.75) is 11.8 Å². The lowest BCUT2D eigenvalue weighted by molar-refractivity contribution is 0.596. The first-order valence-corrected chi connectivity index (χ1v) is 7.81. The number of aryl methyl sites for hydroxylation is 1. The van der Waals surface area contributed by atoms with Gasteiger partial charge in [-0.25, -0.2) is 8.42 Å². The van der Waals surface area contributed by atoms with Crippen LogP contribution in [0.15, 0.2) is 59.5 Å². The minimum atomic E-state index is -3.20. The van der Waals surface area contributed by atoms with E-state index in [0.29, 0.717) is 11.4 Å². The smallest absolute Gasteiger partial charge is 0.180 e. The van der Waals surface area contributed by atoms with Crippen LogP contribution in [0.2, 0.25) is 0 Å². The van der Waals surface area contributed by atoms with Crippen LogP contribution in [-0.2, 0) is 9.84 Å². The molecule has 1 N–H and O–H groups in total. The molecule has 19 heavy (non-hydrogen) atoms. The van der Waals surface area contributed by atoms with E-state index in [2.05, 4.69) is 5.32 Å². The Hall–Kier alpha value is -1.81. The van der Waals surface area contributed by atoms with E-state index in [1.165, 1.54) is 0 Å². The zero-order valence-corrected chi connectivity index (χ0v) is 11.7. The van der Waals surface area contributed by atoms with Gasteiger partial charge in [0.2, 0.25) is 0 Å². The van der Waals surface area contributed by atoms with E-state index in [1.54, 1.807) is 24.3 Å². The van der Waals surface area contributed by atoms with E-state index in [4.69, 9.17) is 0 Å². The molecule has 2 rings (SSSR count). The van der Waals surface area contributed by atoms with Crippen LogP contribution >= 0.6 is 0 Å². The summed E-state index contributed by atoms with van der Waals surface area (Å²) in [5, 5.41) is 3.13. The Morgan fingerprint density at radius 2 is 1.74 bits per heavy atom. The van der Waals surface area contributed by atoms with Crippen LogP contribution in [-0.4, -0.2) is 20.7 Å². The number of rotatable bonds is 5. The maximum atomic E-state index is 12.0. The molecule has 2 aromatic carbocycles. The van der Waals surface area contributed by atoms with E-state index in [1.807, 2.05) is 37.3 Å². The minimum absolute atomic E-state index is 0.0882. The number of hydrogen-bond acceptors (Lipinski definition) is 3. The lowest BCUT2D eigenvalue weighted by atomic mass is 10.2. The van der Waals surface area contributed by atoms with Crippen LogP contribution in [0.3, 0.4) is 0 Å². The van der Waals surface area contributed by atoms with Crippen molar-refractivity contribution in [3.05, 3.63) is 60.2 Å². The Labute approximate surface area is 114 Å². The van der Waals surface area contributed by atoms with Gasteiger partial charge < -0.3 is 5.32 Å². The Balaban J connectivity index is 1.96. The predicted octanol–water partition coefficient (Wildman–Crippen LogP) is 2.88. The summed E-state index contributed by atoms with van der Waals surface area (Å²) in [6.07, 6.45) is 0. The maximum Gasteiger partial charge on any atom is 0.180 e. The molecule has 0 amide bonds. The molecule has 0 heterocycles. The first kappa shape index (κ1) is 13.6. The van der Waals surface area contributed by atoms with Gasteiger partial charge in [-0.05, 0) is 36.8 Å². The van der Waals surface area contributed by atoms with Crippen molar-refractivity contribution in [2.24, 2.45) is 0 Å². The molecule has 0 aliphatic carbocycles. The fourth-order valence-corrected chi connectivity index (χ4v) is 3.01. The van der Waals surface area contributed by atoms with Gasteiger partial charge in [0.05, 0.1) is 10.6 Å². The summed E-state index contributed by atoms with van der Waals surface area (Å²) in [4.78, 5) is 0.376. The number of benzene rings is 2. The van der Waals surface area contributed by atoms with E-state index in [-0.39, 0.29) is 5.75 Å². The first-order valence-electron chi connectivity index (χ1n) is 6.16. The van der Waals surface area contributed by atoms with Crippen LogP contribution in [0.4, 0.5) is 5.69 Å². The van der Waals surface area contributed by atoms with Crippen molar-refractivity contribution in [1.29, 1.82) is 0 Å². The van der Waals surface area contributed by atoms with Crippen molar-refractivity contribution >= 4 is 15.5 Å². The van der Waals surface area contributed by atoms with Gasteiger partial charge in [0.1, 0.15) is 0 Å². The molecule has 0 aliphatic heterocycles. The van der Waals surface area contributed by atoms with Gasteiger partial charge in [0.25, 0.3) is 0 Å². The Morgan fingerprint density at radius 1 is 1.00 bits per heavy atom. The molecule has 4 heteroatoms. The number of hydrogen-bond donors (Lipinski definition) is 1. The third-order valence-corrected chi connectivity index (χ3v) is 4.55. The molecule has 3 nitrogen and oxygen atoms in total. The second-order valence-corrected chi connectivity index (χ2v) is 6.54. The number of nitrogens with one attached hydrogen (secondary N) is 1. The van der Waals surface area contributed by atoms with E-state index < -0.39 is 9.84 Å². The molecule has 0 bridgehead atoms. The van der Waals surface area contributed by atoms with Crippen molar-refractivity contribution < 1.29 is 8.42 Å². The molecule has 0 saturated heterocycles. The highest BCUT2D eigenvalue weighted by Crippen LogP contribution is 2.12. The second kappa shape index (κ2) is 5.89. The highest BCUT2D eigenvalue weighted by atomic mass is 32.2. The summed E-state index contributed by atoms with van der Waals surface area (Å²) in [6.45, 7) is 2.41. The third kappa shape index (κ3) is 3.83. The van der Waals surface area contributed by atoms with E-state index in [9.17, 15) is 8.42 Å². The third-order valence-electron chi connectivity index (χ3n) is 2.82. The van der Waals surface area contributed by atoms with Crippen molar-refractivity contribution in [3.8, 4) is 0 Å². The molecule has 0 saturated carbocycles. The summed E-state index contributed by atoms with van der Waals surface area (Å²) in [5.74, 6) is 0.0882. The van der Waals surface area contributed by atoms with Crippen molar-refractivity contribution in [1.82, 2.24) is 0 Å². The second-order valence-electron chi connectivity index (χ2n) is 4.43. The standard InChI is InChI=1S/C15H17NO2S/c1-13-6-5-7-14(12-13)16-10-11-19(17,18)15-8-3-2-4-9-15/h2-9,12,16H,10-11H2,1H3. The highest BCUT2D eigenvalue weighted by molar-refractivity contribution is 7.91. The quantitative estimate of drug-likeness (QED) is 0.912. The molecule has 0 spiro atoms. The van der Waals surface area contributed by atoms with Crippen molar-refractivity contribution in [2.75, 3.05) is 17.6 Å². The molecule has 0 aromatic heterocycles. The molecule has 0 aliphatic rings. The normalized spacial score (nSPS) is 11.2. The van der Waals surface area contributed by atoms with Crippen LogP contribution < -0.4 is 5.32 Å². The summed E-state index contributed by atoms with van der Waals surface area (Å²) < 4.78 is 24.1. The van der Waals surface area contributed by atoms with E-state index >= 15 is 0 Å². The Kier molecular flexibility index (Phi) is 4.22. The summed E-state index contributed by atoms with van der Waals surface area (Å²) in [5.41, 5.74) is 2.10. The van der Waals surface area contributed by atoms with E-state index in [0.717, 1.165) is 11.3 Å². The lowest BCUT2D eigenvalue weighted by Gasteiger charge is -2.08. The zero-order chi connectivity index (χ0) is 13.7. The van der Waals surface area contributed by atoms with Gasteiger partial charge in [-0.15, -0.1) is 0 Å². The van der Waals surface area contributed by atoms with Crippen LogP contribution in [0.1, 0.15) is 5.56 Å². The van der Waals surface area contributed by atoms with Gasteiger partial charge in [-0.3, -0.25) is 0 Å². The molecular formula is C15H17NO2S. The predicted molar refractivity (Wildman–Crippen MR) is 78.2 cm³/mol. The zero-order valence-electron chi connectivity index (χ0n) is 10.8. The fraction of sp³-hybridized carbons (Fsp3) is 0.200. The molecule has 0 radical (unpaired) electrons. The number of anilines is 1. The Bertz CT molecular complexity index is 636. The van der Waals surface area contributed by atoms with Crippen molar-refractivity contribution in [3.63, 3.8) is 0 Å². The lowest BCUT2D eigenvalue weighted by Crippen LogP contribution is -2.15. The topological polar surface area (TPSA) is 46.2 Å². The fourth-order valence-electron chi connectivity index (χ4n) is 1.83. The SMILES string of the molecule is Cc1cccc(NCCS(=O)(=O)c2ccccc2)c1. The molecular weight excluding hydrogens is 258 g/mol. The van der Waals surface area contributed by atoms with Gasteiger partial charge >= 0.3 is 0 Å². The Morgan fingerprint density at radius 3 is 2.42 bits per heavy atom. The summed E-state index contributed by atoms with van der Waals surface area (Å²) in [6, 6.07) is 16.4. The molecule has 0 unspecified atom stereocenters. The number of sulfone groups is 1. The molecule has 0 fully saturated rings. The molecule has 100 valence electrons. The minimum Gasteiger partial charge on any atom is -0.384 e. The summed E-state index contributed by atoms with van der Waals surface area (Å²) >= 11 is 0. The van der Waals surface area contributed by atoms with Crippen LogP contribution in [0.5, 0.6) is 0 Å². The van der Waals surface area contributed by atoms with Crippen LogP contribution in [0.25, 0.3) is 0 Å².